The van der Waals surface area contributed by atoms with Crippen molar-refractivity contribution in [1.82, 2.24) is 9.97 Å². The van der Waals surface area contributed by atoms with Crippen LogP contribution >= 0.6 is 11.3 Å². The summed E-state index contributed by atoms with van der Waals surface area (Å²) in [6.45, 7) is 5.76. The molecule has 0 bridgehead atoms. The number of carbonyl (C=O) groups excluding carboxylic acids is 1. The number of hydrogen-bond acceptors (Lipinski definition) is 6. The Bertz CT molecular complexity index is 592. The van der Waals surface area contributed by atoms with Gasteiger partial charge in [-0.3, -0.25) is 0 Å². The van der Waals surface area contributed by atoms with Crippen LogP contribution in [0.2, 0.25) is 0 Å². The molecule has 0 unspecified atom stereocenters. The van der Waals surface area contributed by atoms with Crippen molar-refractivity contribution in [3.63, 3.8) is 0 Å². The molecule has 0 radical (unpaired) electrons. The van der Waals surface area contributed by atoms with E-state index in [2.05, 4.69) is 9.97 Å². The fourth-order valence-corrected chi connectivity index (χ4v) is 2.76. The highest BCUT2D eigenvalue weighted by atomic mass is 32.1. The van der Waals surface area contributed by atoms with Gasteiger partial charge in [0.05, 0.1) is 23.4 Å². The molecule has 2 rings (SSSR count). The van der Waals surface area contributed by atoms with Gasteiger partial charge in [-0.15, -0.1) is 11.3 Å². The monoisotopic (exact) mass is 251 g/mol. The number of esters is 1. The summed E-state index contributed by atoms with van der Waals surface area (Å²) in [4.78, 5) is 21.4. The third kappa shape index (κ3) is 1.95. The molecule has 2 aromatic rings. The SMILES string of the molecule is CCOC(=O)c1sc2nc(C)nc(C)c2c1N. The van der Waals surface area contributed by atoms with Gasteiger partial charge in [-0.05, 0) is 20.8 Å². The van der Waals surface area contributed by atoms with Crippen LogP contribution in [0.25, 0.3) is 10.2 Å². The lowest BCUT2D eigenvalue weighted by Gasteiger charge is -2.00. The zero-order valence-electron chi connectivity index (χ0n) is 9.90. The number of anilines is 1. The number of carbonyl (C=O) groups is 1. The van der Waals surface area contributed by atoms with Crippen molar-refractivity contribution in [2.45, 2.75) is 20.8 Å². The van der Waals surface area contributed by atoms with Crippen molar-refractivity contribution < 1.29 is 9.53 Å². The maximum atomic E-state index is 11.7. The third-order valence-electron chi connectivity index (χ3n) is 2.34. The van der Waals surface area contributed by atoms with E-state index in [1.54, 1.807) is 6.92 Å². The van der Waals surface area contributed by atoms with E-state index in [9.17, 15) is 4.79 Å². The molecule has 0 fully saturated rings. The lowest BCUT2D eigenvalue weighted by atomic mass is 10.2. The molecule has 0 spiro atoms. The van der Waals surface area contributed by atoms with E-state index in [0.29, 0.717) is 23.0 Å². The Balaban J connectivity index is 2.64. The molecule has 0 atom stereocenters. The summed E-state index contributed by atoms with van der Waals surface area (Å²) >= 11 is 1.25. The number of hydrogen-bond donors (Lipinski definition) is 1. The van der Waals surface area contributed by atoms with E-state index < -0.39 is 5.97 Å². The number of fused-ring (bicyclic) bond motifs is 1. The number of aryl methyl sites for hydroxylation is 2. The van der Waals surface area contributed by atoms with Crippen LogP contribution in [0.1, 0.15) is 28.1 Å². The molecule has 6 heteroatoms. The van der Waals surface area contributed by atoms with E-state index in [-0.39, 0.29) is 0 Å². The normalized spacial score (nSPS) is 10.8. The van der Waals surface area contributed by atoms with Crippen molar-refractivity contribution in [3.05, 3.63) is 16.4 Å². The predicted molar refractivity (Wildman–Crippen MR) is 67.3 cm³/mol. The van der Waals surface area contributed by atoms with Crippen LogP contribution in [0.5, 0.6) is 0 Å². The quantitative estimate of drug-likeness (QED) is 0.827. The smallest absolute Gasteiger partial charge is 0.350 e. The molecule has 2 N–H and O–H groups in total. The molecule has 0 amide bonds. The molecule has 0 saturated carbocycles. The fraction of sp³-hybridized carbons (Fsp3) is 0.364. The Morgan fingerprint density at radius 1 is 1.41 bits per heavy atom. The topological polar surface area (TPSA) is 78.1 Å². The highest BCUT2D eigenvalue weighted by molar-refractivity contribution is 7.21. The van der Waals surface area contributed by atoms with Crippen molar-refractivity contribution in [2.75, 3.05) is 12.3 Å². The second-order valence-electron chi connectivity index (χ2n) is 3.60. The van der Waals surface area contributed by atoms with Gasteiger partial charge < -0.3 is 10.5 Å². The average molecular weight is 251 g/mol. The molecule has 90 valence electrons. The first-order valence-electron chi connectivity index (χ1n) is 5.25. The van der Waals surface area contributed by atoms with Crippen LogP contribution in [0.15, 0.2) is 0 Å². The summed E-state index contributed by atoms with van der Waals surface area (Å²) < 4.78 is 4.95. The van der Waals surface area contributed by atoms with Crippen LogP contribution < -0.4 is 5.73 Å². The van der Waals surface area contributed by atoms with E-state index in [1.165, 1.54) is 11.3 Å². The van der Waals surface area contributed by atoms with Gasteiger partial charge in [0, 0.05) is 0 Å². The summed E-state index contributed by atoms with van der Waals surface area (Å²) in [6.07, 6.45) is 0. The van der Waals surface area contributed by atoms with Crippen molar-refractivity contribution >= 4 is 33.2 Å². The van der Waals surface area contributed by atoms with E-state index in [4.69, 9.17) is 10.5 Å². The maximum absolute atomic E-state index is 11.7. The molecule has 0 aliphatic heterocycles. The zero-order valence-corrected chi connectivity index (χ0v) is 10.7. The molecule has 0 saturated heterocycles. The highest BCUT2D eigenvalue weighted by Crippen LogP contribution is 2.34. The minimum Gasteiger partial charge on any atom is -0.462 e. The lowest BCUT2D eigenvalue weighted by Crippen LogP contribution is -2.05. The predicted octanol–water partition coefficient (Wildman–Crippen LogP) is 2.07. The summed E-state index contributed by atoms with van der Waals surface area (Å²) in [6, 6.07) is 0. The Morgan fingerprint density at radius 3 is 2.76 bits per heavy atom. The average Bonchev–Trinajstić information content (AvgIpc) is 2.56. The first-order chi connectivity index (χ1) is 8.04. The largest absolute Gasteiger partial charge is 0.462 e. The number of rotatable bonds is 2. The maximum Gasteiger partial charge on any atom is 0.350 e. The van der Waals surface area contributed by atoms with E-state index in [1.807, 2.05) is 13.8 Å². The Hall–Kier alpha value is -1.69. The van der Waals surface area contributed by atoms with E-state index >= 15 is 0 Å². The number of nitrogens with two attached hydrogens (primary N) is 1. The molecule has 17 heavy (non-hydrogen) atoms. The standard InChI is InChI=1S/C11H13N3O2S/c1-4-16-11(15)9-8(12)7-5(2)13-6(3)14-10(7)17-9/h4,12H2,1-3H3. The molecular weight excluding hydrogens is 238 g/mol. The Labute approximate surface area is 103 Å². The van der Waals surface area contributed by atoms with Gasteiger partial charge in [0.15, 0.2) is 0 Å². The molecule has 5 nitrogen and oxygen atoms in total. The number of nitrogen functional groups attached to an aromatic ring is 1. The Kier molecular flexibility index (Phi) is 2.97. The van der Waals surface area contributed by atoms with E-state index in [0.717, 1.165) is 15.9 Å². The van der Waals surface area contributed by atoms with Crippen LogP contribution in [-0.4, -0.2) is 22.5 Å². The minimum atomic E-state index is -0.398. The zero-order chi connectivity index (χ0) is 12.6. The minimum absolute atomic E-state index is 0.330. The summed E-state index contributed by atoms with van der Waals surface area (Å²) in [5.41, 5.74) is 7.16. The number of nitrogens with zero attached hydrogens (tertiary/aromatic N) is 2. The summed E-state index contributed by atoms with van der Waals surface area (Å²) in [7, 11) is 0. The Morgan fingerprint density at radius 2 is 2.12 bits per heavy atom. The molecule has 2 aromatic heterocycles. The number of thiophene rings is 1. The van der Waals surface area contributed by atoms with Crippen LogP contribution in [0.4, 0.5) is 5.69 Å². The molecular formula is C11H13N3O2S. The second kappa shape index (κ2) is 4.29. The molecule has 0 aliphatic rings. The van der Waals surface area contributed by atoms with Gasteiger partial charge >= 0.3 is 5.97 Å². The van der Waals surface area contributed by atoms with Crippen LogP contribution in [0, 0.1) is 13.8 Å². The van der Waals surface area contributed by atoms with Crippen LogP contribution in [-0.2, 0) is 4.74 Å². The lowest BCUT2D eigenvalue weighted by molar-refractivity contribution is 0.0533. The first-order valence-corrected chi connectivity index (χ1v) is 6.06. The second-order valence-corrected chi connectivity index (χ2v) is 4.60. The van der Waals surface area contributed by atoms with Gasteiger partial charge in [0.25, 0.3) is 0 Å². The number of ether oxygens (including phenoxy) is 1. The van der Waals surface area contributed by atoms with Gasteiger partial charge in [0.1, 0.15) is 15.5 Å². The van der Waals surface area contributed by atoms with Gasteiger partial charge in [-0.25, -0.2) is 14.8 Å². The summed E-state index contributed by atoms with van der Waals surface area (Å²) in [5, 5.41) is 0.753. The van der Waals surface area contributed by atoms with Gasteiger partial charge in [0.2, 0.25) is 0 Å². The highest BCUT2D eigenvalue weighted by Gasteiger charge is 2.20. The van der Waals surface area contributed by atoms with Gasteiger partial charge in [-0.2, -0.15) is 0 Å². The molecule has 2 heterocycles. The van der Waals surface area contributed by atoms with Gasteiger partial charge in [-0.1, -0.05) is 0 Å². The van der Waals surface area contributed by atoms with Crippen molar-refractivity contribution in [2.24, 2.45) is 0 Å². The van der Waals surface area contributed by atoms with Crippen LogP contribution in [0.3, 0.4) is 0 Å². The fourth-order valence-electron chi connectivity index (χ4n) is 1.68. The van der Waals surface area contributed by atoms with Crippen molar-refractivity contribution in [3.8, 4) is 0 Å². The number of aromatic nitrogens is 2. The van der Waals surface area contributed by atoms with Crippen molar-refractivity contribution in [1.29, 1.82) is 0 Å². The molecule has 0 aromatic carbocycles. The molecule has 0 aliphatic carbocycles. The summed E-state index contributed by atoms with van der Waals surface area (Å²) in [5.74, 6) is 0.275. The third-order valence-corrected chi connectivity index (χ3v) is 3.42. The first kappa shape index (κ1) is 11.8.